The molecule has 4 heteroatoms. The van der Waals surface area contributed by atoms with Crippen LogP contribution in [0.4, 0.5) is 5.69 Å². The molecular weight excluding hydrogens is 358 g/mol. The minimum absolute atomic E-state index is 0.0669. The SMILES string of the molecule is COc1ccc(C(=O)C[C@H](Nc2ccc(C)cc2)c2ccc(Cl)cc2)cc1. The van der Waals surface area contributed by atoms with E-state index in [9.17, 15) is 4.79 Å². The first-order chi connectivity index (χ1) is 13.0. The Bertz CT molecular complexity index is 887. The maximum atomic E-state index is 12.8. The van der Waals surface area contributed by atoms with Crippen molar-refractivity contribution in [3.63, 3.8) is 0 Å². The van der Waals surface area contributed by atoms with Crippen molar-refractivity contribution in [1.82, 2.24) is 0 Å². The molecule has 0 fully saturated rings. The molecule has 0 aromatic heterocycles. The zero-order valence-electron chi connectivity index (χ0n) is 15.4. The number of halogens is 1. The summed E-state index contributed by atoms with van der Waals surface area (Å²) in [6.07, 6.45) is 0.335. The van der Waals surface area contributed by atoms with E-state index in [1.807, 2.05) is 55.5 Å². The predicted molar refractivity (Wildman–Crippen MR) is 111 cm³/mol. The molecule has 1 N–H and O–H groups in total. The average molecular weight is 380 g/mol. The lowest BCUT2D eigenvalue weighted by atomic mass is 9.97. The minimum atomic E-state index is -0.153. The summed E-state index contributed by atoms with van der Waals surface area (Å²) in [4.78, 5) is 12.8. The first kappa shape index (κ1) is 19.0. The number of rotatable bonds is 7. The number of carbonyl (C=O) groups excluding carboxylic acids is 1. The van der Waals surface area contributed by atoms with Crippen LogP contribution in [0.25, 0.3) is 0 Å². The van der Waals surface area contributed by atoms with Gasteiger partial charge in [-0.05, 0) is 61.0 Å². The highest BCUT2D eigenvalue weighted by Gasteiger charge is 2.17. The summed E-state index contributed by atoms with van der Waals surface area (Å²) in [5.41, 5.74) is 3.85. The molecule has 0 aliphatic rings. The van der Waals surface area contributed by atoms with E-state index < -0.39 is 0 Å². The van der Waals surface area contributed by atoms with Gasteiger partial charge in [-0.15, -0.1) is 0 Å². The lowest BCUT2D eigenvalue weighted by Gasteiger charge is -2.20. The smallest absolute Gasteiger partial charge is 0.165 e. The summed E-state index contributed by atoms with van der Waals surface area (Å²) < 4.78 is 5.16. The van der Waals surface area contributed by atoms with E-state index in [0.29, 0.717) is 17.0 Å². The number of ether oxygens (including phenoxy) is 1. The van der Waals surface area contributed by atoms with Crippen LogP contribution >= 0.6 is 11.6 Å². The second-order valence-electron chi connectivity index (χ2n) is 6.47. The molecule has 0 aliphatic carbocycles. The number of hydrogen-bond donors (Lipinski definition) is 1. The first-order valence-electron chi connectivity index (χ1n) is 8.81. The van der Waals surface area contributed by atoms with Gasteiger partial charge in [-0.25, -0.2) is 0 Å². The summed E-state index contributed by atoms with van der Waals surface area (Å²) in [7, 11) is 1.61. The van der Waals surface area contributed by atoms with Crippen molar-refractivity contribution in [1.29, 1.82) is 0 Å². The largest absolute Gasteiger partial charge is 0.497 e. The second-order valence-corrected chi connectivity index (χ2v) is 6.91. The monoisotopic (exact) mass is 379 g/mol. The minimum Gasteiger partial charge on any atom is -0.497 e. The van der Waals surface area contributed by atoms with Crippen LogP contribution in [-0.2, 0) is 0 Å². The maximum Gasteiger partial charge on any atom is 0.165 e. The van der Waals surface area contributed by atoms with Crippen molar-refractivity contribution in [3.05, 3.63) is 94.5 Å². The number of nitrogens with one attached hydrogen (secondary N) is 1. The molecule has 3 aromatic rings. The van der Waals surface area contributed by atoms with Crippen molar-refractivity contribution < 1.29 is 9.53 Å². The Labute approximate surface area is 164 Å². The normalized spacial score (nSPS) is 11.7. The molecule has 0 bridgehead atoms. The molecule has 138 valence electrons. The summed E-state index contributed by atoms with van der Waals surface area (Å²) in [5, 5.41) is 4.15. The summed E-state index contributed by atoms with van der Waals surface area (Å²) in [6, 6.07) is 22.8. The van der Waals surface area contributed by atoms with Gasteiger partial charge in [0.25, 0.3) is 0 Å². The molecule has 3 rings (SSSR count). The van der Waals surface area contributed by atoms with Crippen LogP contribution in [0.1, 0.15) is 33.9 Å². The van der Waals surface area contributed by atoms with Crippen molar-refractivity contribution in [2.24, 2.45) is 0 Å². The number of aryl methyl sites for hydroxylation is 1. The molecule has 0 unspecified atom stereocenters. The standard InChI is InChI=1S/C23H22ClNO2/c1-16-3-11-20(12-4-16)25-22(17-5-9-19(24)10-6-17)15-23(26)18-7-13-21(27-2)14-8-18/h3-14,22,25H,15H2,1-2H3/t22-/m0/s1. The molecular formula is C23H22ClNO2. The van der Waals surface area contributed by atoms with E-state index in [0.717, 1.165) is 17.0 Å². The molecule has 1 atom stereocenters. The third-order valence-corrected chi connectivity index (χ3v) is 4.72. The fraction of sp³-hybridized carbons (Fsp3) is 0.174. The van der Waals surface area contributed by atoms with Gasteiger partial charge in [0.2, 0.25) is 0 Å². The number of hydrogen-bond acceptors (Lipinski definition) is 3. The Morgan fingerprint density at radius 1 is 0.963 bits per heavy atom. The van der Waals surface area contributed by atoms with Gasteiger partial charge in [0.1, 0.15) is 5.75 Å². The van der Waals surface area contributed by atoms with Crippen molar-refractivity contribution in [3.8, 4) is 5.75 Å². The van der Waals surface area contributed by atoms with Crippen molar-refractivity contribution >= 4 is 23.1 Å². The molecule has 3 nitrogen and oxygen atoms in total. The van der Waals surface area contributed by atoms with Gasteiger partial charge in [0, 0.05) is 22.7 Å². The molecule has 3 aromatic carbocycles. The molecule has 0 aliphatic heterocycles. The molecule has 0 saturated carbocycles. The van der Waals surface area contributed by atoms with Crippen molar-refractivity contribution in [2.75, 3.05) is 12.4 Å². The average Bonchev–Trinajstić information content (AvgIpc) is 2.70. The number of Topliss-reactive ketones (excluding diaryl/α,β-unsaturated/α-hetero) is 1. The van der Waals surface area contributed by atoms with Gasteiger partial charge in [0.15, 0.2) is 5.78 Å². The van der Waals surface area contributed by atoms with E-state index in [2.05, 4.69) is 5.32 Å². The first-order valence-corrected chi connectivity index (χ1v) is 9.19. The quantitative estimate of drug-likeness (QED) is 0.505. The van der Waals surface area contributed by atoms with Crippen LogP contribution < -0.4 is 10.1 Å². The van der Waals surface area contributed by atoms with Crippen LogP contribution in [-0.4, -0.2) is 12.9 Å². The Kier molecular flexibility index (Phi) is 6.15. The highest BCUT2D eigenvalue weighted by molar-refractivity contribution is 6.30. The fourth-order valence-corrected chi connectivity index (χ4v) is 3.00. The highest BCUT2D eigenvalue weighted by atomic mass is 35.5. The second kappa shape index (κ2) is 8.74. The van der Waals surface area contributed by atoms with Gasteiger partial charge >= 0.3 is 0 Å². The molecule has 27 heavy (non-hydrogen) atoms. The van der Waals surface area contributed by atoms with Crippen molar-refractivity contribution in [2.45, 2.75) is 19.4 Å². The number of anilines is 1. The molecule has 0 amide bonds. The summed E-state index contributed by atoms with van der Waals surface area (Å²) in [6.45, 7) is 2.05. The topological polar surface area (TPSA) is 38.3 Å². The third-order valence-electron chi connectivity index (χ3n) is 4.47. The zero-order valence-corrected chi connectivity index (χ0v) is 16.2. The predicted octanol–water partition coefficient (Wildman–Crippen LogP) is 6.08. The number of carbonyl (C=O) groups is 1. The third kappa shape index (κ3) is 5.11. The van der Waals surface area contributed by atoms with Gasteiger partial charge in [0.05, 0.1) is 13.2 Å². The van der Waals surface area contributed by atoms with Gasteiger partial charge in [-0.3, -0.25) is 4.79 Å². The maximum absolute atomic E-state index is 12.8. The lowest BCUT2D eigenvalue weighted by Crippen LogP contribution is -2.16. The Balaban J connectivity index is 1.82. The van der Waals surface area contributed by atoms with E-state index in [1.165, 1.54) is 5.56 Å². The van der Waals surface area contributed by atoms with E-state index in [-0.39, 0.29) is 11.8 Å². The molecule has 0 saturated heterocycles. The van der Waals surface area contributed by atoms with Crippen LogP contribution in [0, 0.1) is 6.92 Å². The number of ketones is 1. The number of benzene rings is 3. The van der Waals surface area contributed by atoms with Crippen LogP contribution in [0.2, 0.25) is 5.02 Å². The Morgan fingerprint density at radius 3 is 2.19 bits per heavy atom. The Morgan fingerprint density at radius 2 is 1.59 bits per heavy atom. The highest BCUT2D eigenvalue weighted by Crippen LogP contribution is 2.26. The van der Waals surface area contributed by atoms with Crippen LogP contribution in [0.15, 0.2) is 72.8 Å². The van der Waals surface area contributed by atoms with Gasteiger partial charge < -0.3 is 10.1 Å². The van der Waals surface area contributed by atoms with E-state index in [4.69, 9.17) is 16.3 Å². The summed E-state index contributed by atoms with van der Waals surface area (Å²) in [5.74, 6) is 0.802. The van der Waals surface area contributed by atoms with Crippen LogP contribution in [0.5, 0.6) is 5.75 Å². The van der Waals surface area contributed by atoms with Gasteiger partial charge in [-0.2, -0.15) is 0 Å². The summed E-state index contributed by atoms with van der Waals surface area (Å²) >= 11 is 6.02. The molecule has 0 spiro atoms. The molecule has 0 radical (unpaired) electrons. The zero-order chi connectivity index (χ0) is 19.2. The number of methoxy groups -OCH3 is 1. The lowest BCUT2D eigenvalue weighted by molar-refractivity contribution is 0.0976. The molecule has 0 heterocycles. The van der Waals surface area contributed by atoms with Crippen LogP contribution in [0.3, 0.4) is 0 Å². The Hall–Kier alpha value is -2.78. The fourth-order valence-electron chi connectivity index (χ4n) is 2.88. The van der Waals surface area contributed by atoms with E-state index >= 15 is 0 Å². The van der Waals surface area contributed by atoms with Gasteiger partial charge in [-0.1, -0.05) is 41.4 Å². The van der Waals surface area contributed by atoms with E-state index in [1.54, 1.807) is 31.4 Å².